The van der Waals surface area contributed by atoms with Crippen molar-refractivity contribution < 1.29 is 32.2 Å². The lowest BCUT2D eigenvalue weighted by Gasteiger charge is -2.20. The van der Waals surface area contributed by atoms with Gasteiger partial charge >= 0.3 is 12.3 Å². The molecule has 0 fully saturated rings. The van der Waals surface area contributed by atoms with E-state index in [0.29, 0.717) is 5.56 Å². The second kappa shape index (κ2) is 7.85. The number of ether oxygens (including phenoxy) is 2. The van der Waals surface area contributed by atoms with Crippen molar-refractivity contribution in [3.63, 3.8) is 0 Å². The van der Waals surface area contributed by atoms with Gasteiger partial charge in [0, 0.05) is 11.6 Å². The Balaban J connectivity index is 2.48. The topological polar surface area (TPSA) is 64.6 Å². The number of hydrogen-bond acceptors (Lipinski definition) is 4. The molecular formula is C16H18F3NO4. The summed E-state index contributed by atoms with van der Waals surface area (Å²) in [5.41, 5.74) is 0.0418. The molecule has 1 aromatic rings. The molecule has 0 radical (unpaired) electrons. The molecule has 0 aromatic heterocycles. The number of halogens is 3. The van der Waals surface area contributed by atoms with Gasteiger partial charge in [-0.3, -0.25) is 4.79 Å². The van der Waals surface area contributed by atoms with Crippen LogP contribution in [0.3, 0.4) is 0 Å². The second-order valence-electron chi connectivity index (χ2n) is 5.86. The molecule has 0 atom stereocenters. The average molecular weight is 345 g/mol. The summed E-state index contributed by atoms with van der Waals surface area (Å²) in [6.45, 7) is 4.95. The Bertz CT molecular complexity index is 601. The molecule has 1 amide bonds. The molecule has 0 heterocycles. The minimum Gasteiger partial charge on any atom is -0.452 e. The fraction of sp³-hybridized carbons (Fsp3) is 0.375. The third-order valence-electron chi connectivity index (χ3n) is 2.39. The molecule has 1 rings (SSSR count). The SMILES string of the molecule is CC(C)(C)NC(=O)COC(=O)/C=C/c1ccc(OC(F)(F)F)cc1. The first-order chi connectivity index (χ1) is 10.9. The molecule has 0 saturated carbocycles. The van der Waals surface area contributed by atoms with Crippen molar-refractivity contribution in [2.75, 3.05) is 6.61 Å². The maximum Gasteiger partial charge on any atom is 0.573 e. The zero-order chi connectivity index (χ0) is 18.4. The summed E-state index contributed by atoms with van der Waals surface area (Å²) >= 11 is 0. The van der Waals surface area contributed by atoms with Crippen LogP contribution in [0.2, 0.25) is 0 Å². The van der Waals surface area contributed by atoms with Crippen LogP contribution in [0.5, 0.6) is 5.75 Å². The zero-order valence-electron chi connectivity index (χ0n) is 13.4. The Hall–Kier alpha value is -2.51. The van der Waals surface area contributed by atoms with Crippen molar-refractivity contribution >= 4 is 18.0 Å². The van der Waals surface area contributed by atoms with E-state index in [0.717, 1.165) is 18.2 Å². The van der Waals surface area contributed by atoms with Crippen LogP contribution >= 0.6 is 0 Å². The Kier molecular flexibility index (Phi) is 6.39. The number of benzene rings is 1. The van der Waals surface area contributed by atoms with E-state index >= 15 is 0 Å². The van der Waals surface area contributed by atoms with Gasteiger partial charge in [-0.15, -0.1) is 13.2 Å². The summed E-state index contributed by atoms with van der Waals surface area (Å²) in [6, 6.07) is 4.93. The fourth-order valence-corrected chi connectivity index (χ4v) is 1.58. The molecule has 0 aliphatic heterocycles. The number of nitrogens with one attached hydrogen (secondary N) is 1. The van der Waals surface area contributed by atoms with Gasteiger partial charge < -0.3 is 14.8 Å². The normalized spacial score (nSPS) is 12.1. The molecular weight excluding hydrogens is 327 g/mol. The van der Waals surface area contributed by atoms with Gasteiger partial charge in [0.25, 0.3) is 5.91 Å². The van der Waals surface area contributed by atoms with Crippen molar-refractivity contribution in [1.82, 2.24) is 5.32 Å². The smallest absolute Gasteiger partial charge is 0.452 e. The lowest BCUT2D eigenvalue weighted by molar-refractivity contribution is -0.274. The minimum absolute atomic E-state index is 0.360. The molecule has 0 bridgehead atoms. The summed E-state index contributed by atoms with van der Waals surface area (Å²) in [4.78, 5) is 22.9. The van der Waals surface area contributed by atoms with Crippen LogP contribution in [0.1, 0.15) is 26.3 Å². The predicted octanol–water partition coefficient (Wildman–Crippen LogP) is 3.06. The molecule has 8 heteroatoms. The second-order valence-corrected chi connectivity index (χ2v) is 5.86. The number of carbonyl (C=O) groups excluding carboxylic acids is 2. The van der Waals surface area contributed by atoms with Gasteiger partial charge in [0.2, 0.25) is 0 Å². The Morgan fingerprint density at radius 3 is 2.21 bits per heavy atom. The highest BCUT2D eigenvalue weighted by Gasteiger charge is 2.30. The Labute approximate surface area is 137 Å². The molecule has 0 saturated heterocycles. The summed E-state index contributed by atoms with van der Waals surface area (Å²) in [7, 11) is 0. The van der Waals surface area contributed by atoms with Gasteiger partial charge in [-0.05, 0) is 44.5 Å². The van der Waals surface area contributed by atoms with Gasteiger partial charge in [0.15, 0.2) is 6.61 Å². The third-order valence-corrected chi connectivity index (χ3v) is 2.39. The van der Waals surface area contributed by atoms with Crippen LogP contribution in [0.4, 0.5) is 13.2 Å². The highest BCUT2D eigenvalue weighted by molar-refractivity contribution is 5.89. The lowest BCUT2D eigenvalue weighted by Crippen LogP contribution is -2.42. The van der Waals surface area contributed by atoms with Gasteiger partial charge in [0.1, 0.15) is 5.75 Å². The number of alkyl halides is 3. The number of esters is 1. The Morgan fingerprint density at radius 2 is 1.71 bits per heavy atom. The maximum absolute atomic E-state index is 12.0. The molecule has 5 nitrogen and oxygen atoms in total. The van der Waals surface area contributed by atoms with Crippen LogP contribution in [-0.2, 0) is 14.3 Å². The quantitative estimate of drug-likeness (QED) is 0.658. The fourth-order valence-electron chi connectivity index (χ4n) is 1.58. The first kappa shape index (κ1) is 19.5. The summed E-state index contributed by atoms with van der Waals surface area (Å²) in [6.07, 6.45) is -2.33. The molecule has 132 valence electrons. The zero-order valence-corrected chi connectivity index (χ0v) is 13.4. The number of amides is 1. The van der Waals surface area contributed by atoms with Gasteiger partial charge in [-0.1, -0.05) is 12.1 Å². The monoisotopic (exact) mass is 345 g/mol. The van der Waals surface area contributed by atoms with E-state index in [1.54, 1.807) is 20.8 Å². The molecule has 0 spiro atoms. The number of hydrogen-bond donors (Lipinski definition) is 1. The van der Waals surface area contributed by atoms with Crippen molar-refractivity contribution in [3.8, 4) is 5.75 Å². The largest absolute Gasteiger partial charge is 0.573 e. The predicted molar refractivity (Wildman–Crippen MR) is 81.0 cm³/mol. The van der Waals surface area contributed by atoms with Crippen molar-refractivity contribution in [2.45, 2.75) is 32.7 Å². The van der Waals surface area contributed by atoms with E-state index in [-0.39, 0.29) is 5.75 Å². The highest BCUT2D eigenvalue weighted by atomic mass is 19.4. The Morgan fingerprint density at radius 1 is 1.12 bits per heavy atom. The molecule has 1 N–H and O–H groups in total. The molecule has 24 heavy (non-hydrogen) atoms. The van der Waals surface area contributed by atoms with Gasteiger partial charge in [-0.25, -0.2) is 4.79 Å². The van der Waals surface area contributed by atoms with Crippen molar-refractivity contribution in [3.05, 3.63) is 35.9 Å². The molecule has 0 aliphatic carbocycles. The van der Waals surface area contributed by atoms with E-state index in [1.165, 1.54) is 18.2 Å². The summed E-state index contributed by atoms with van der Waals surface area (Å²) in [5.74, 6) is -1.53. The third kappa shape index (κ3) is 8.82. The van der Waals surface area contributed by atoms with Crippen LogP contribution in [0, 0.1) is 0 Å². The first-order valence-electron chi connectivity index (χ1n) is 6.96. The lowest BCUT2D eigenvalue weighted by atomic mass is 10.1. The molecule has 1 aromatic carbocycles. The summed E-state index contributed by atoms with van der Waals surface area (Å²) in [5, 5.41) is 2.63. The van der Waals surface area contributed by atoms with Crippen molar-refractivity contribution in [1.29, 1.82) is 0 Å². The average Bonchev–Trinajstić information content (AvgIpc) is 2.41. The number of rotatable bonds is 5. The van der Waals surface area contributed by atoms with Gasteiger partial charge in [-0.2, -0.15) is 0 Å². The highest BCUT2D eigenvalue weighted by Crippen LogP contribution is 2.22. The molecule has 0 aliphatic rings. The first-order valence-corrected chi connectivity index (χ1v) is 6.96. The van der Waals surface area contributed by atoms with E-state index in [4.69, 9.17) is 4.74 Å². The van der Waals surface area contributed by atoms with Crippen LogP contribution in [-0.4, -0.2) is 30.4 Å². The van der Waals surface area contributed by atoms with E-state index in [9.17, 15) is 22.8 Å². The van der Waals surface area contributed by atoms with Crippen LogP contribution in [0.25, 0.3) is 6.08 Å². The number of carbonyl (C=O) groups is 2. The van der Waals surface area contributed by atoms with E-state index < -0.39 is 30.4 Å². The minimum atomic E-state index is -4.76. The maximum atomic E-state index is 12.0. The van der Waals surface area contributed by atoms with E-state index in [2.05, 4.69) is 10.1 Å². The van der Waals surface area contributed by atoms with Crippen molar-refractivity contribution in [2.24, 2.45) is 0 Å². The van der Waals surface area contributed by atoms with Crippen LogP contribution in [0.15, 0.2) is 30.3 Å². The van der Waals surface area contributed by atoms with Gasteiger partial charge in [0.05, 0.1) is 0 Å². The summed E-state index contributed by atoms with van der Waals surface area (Å²) < 4.78 is 44.5. The van der Waals surface area contributed by atoms with Crippen LogP contribution < -0.4 is 10.1 Å². The standard InChI is InChI=1S/C16H18F3NO4/c1-15(2,3)20-13(21)10-23-14(22)9-6-11-4-7-12(8-5-11)24-16(17,18)19/h4-9H,10H2,1-3H3,(H,20,21)/b9-6+. The molecule has 0 unspecified atom stereocenters. The van der Waals surface area contributed by atoms with E-state index in [1.807, 2.05) is 0 Å².